The van der Waals surface area contributed by atoms with Crippen LogP contribution < -0.4 is 31.9 Å². The Morgan fingerprint density at radius 1 is 0.543 bits per heavy atom. The molecular formula is C48H62N10O12. The van der Waals surface area contributed by atoms with E-state index in [4.69, 9.17) is 10.6 Å². The van der Waals surface area contributed by atoms with Crippen molar-refractivity contribution in [1.82, 2.24) is 36.8 Å². The highest BCUT2D eigenvalue weighted by Crippen LogP contribution is 2.12. The molecule has 9 N–H and O–H groups in total. The lowest BCUT2D eigenvalue weighted by Gasteiger charge is -2.24. The van der Waals surface area contributed by atoms with Crippen LogP contribution >= 0.6 is 0 Å². The zero-order valence-corrected chi connectivity index (χ0v) is 38.8. The number of nitrogens with one attached hydrogen (secondary N) is 6. The van der Waals surface area contributed by atoms with Crippen molar-refractivity contribution in [1.29, 1.82) is 0 Å². The minimum Gasteiger partial charge on any atom is -0.481 e. The van der Waals surface area contributed by atoms with E-state index in [9.17, 15) is 53.4 Å². The second-order valence-electron chi connectivity index (χ2n) is 16.2. The third kappa shape index (κ3) is 23.1. The van der Waals surface area contributed by atoms with Gasteiger partial charge in [-0.05, 0) is 60.7 Å². The molecule has 3 rings (SSSR count). The predicted molar refractivity (Wildman–Crippen MR) is 254 cm³/mol. The van der Waals surface area contributed by atoms with Gasteiger partial charge in [-0.25, -0.2) is 14.4 Å². The Morgan fingerprint density at radius 2 is 1.07 bits per heavy atom. The predicted octanol–water partition coefficient (Wildman–Crippen LogP) is 3.20. The van der Waals surface area contributed by atoms with E-state index in [-0.39, 0.29) is 90.0 Å². The van der Waals surface area contributed by atoms with Gasteiger partial charge in [0.15, 0.2) is 0 Å². The number of carbonyl (C=O) groups is 9. The van der Waals surface area contributed by atoms with Crippen LogP contribution in [0, 0.1) is 0 Å². The molecule has 0 saturated heterocycles. The summed E-state index contributed by atoms with van der Waals surface area (Å²) in [6, 6.07) is 21.1. The highest BCUT2D eigenvalue weighted by molar-refractivity contribution is 5.93. The molecule has 0 spiro atoms. The molecular weight excluding hydrogens is 909 g/mol. The normalized spacial score (nSPS) is 12.3. The second kappa shape index (κ2) is 31.9. The number of nitrogens with zero attached hydrogens (tertiary/aromatic N) is 4. The molecule has 0 bridgehead atoms. The minimum absolute atomic E-state index is 0.0506. The van der Waals surface area contributed by atoms with Crippen LogP contribution in [0.1, 0.15) is 80.9 Å². The number of urea groups is 1. The number of benzene rings is 3. The summed E-state index contributed by atoms with van der Waals surface area (Å²) in [4.78, 5) is 118. The van der Waals surface area contributed by atoms with Gasteiger partial charge < -0.3 is 52.1 Å². The van der Waals surface area contributed by atoms with E-state index < -0.39 is 84.6 Å². The molecule has 0 heterocycles. The lowest BCUT2D eigenvalue weighted by atomic mass is 10.0. The van der Waals surface area contributed by atoms with Gasteiger partial charge in [0.1, 0.15) is 24.2 Å². The van der Waals surface area contributed by atoms with Crippen molar-refractivity contribution in [2.24, 2.45) is 5.11 Å². The van der Waals surface area contributed by atoms with E-state index in [1.54, 1.807) is 29.2 Å². The van der Waals surface area contributed by atoms with Crippen molar-refractivity contribution in [3.8, 4) is 0 Å². The number of aliphatic carboxylic acids is 3. The molecule has 0 fully saturated rings. The highest BCUT2D eigenvalue weighted by Gasteiger charge is 2.28. The van der Waals surface area contributed by atoms with Crippen LogP contribution in [0.3, 0.4) is 0 Å². The fourth-order valence-corrected chi connectivity index (χ4v) is 7.01. The van der Waals surface area contributed by atoms with Gasteiger partial charge >= 0.3 is 23.9 Å². The van der Waals surface area contributed by atoms with Crippen molar-refractivity contribution < 1.29 is 58.5 Å². The smallest absolute Gasteiger partial charge is 0.326 e. The van der Waals surface area contributed by atoms with Crippen LogP contribution in [-0.4, -0.2) is 124 Å². The monoisotopic (exact) mass is 970 g/mol. The van der Waals surface area contributed by atoms with Crippen LogP contribution in [0.25, 0.3) is 10.4 Å². The van der Waals surface area contributed by atoms with Crippen molar-refractivity contribution in [3.05, 3.63) is 118 Å². The zero-order chi connectivity index (χ0) is 51.1. The molecule has 0 radical (unpaired) electrons. The molecule has 0 aliphatic heterocycles. The van der Waals surface area contributed by atoms with Crippen LogP contribution in [0.15, 0.2) is 96.1 Å². The maximum atomic E-state index is 13.8. The summed E-state index contributed by atoms with van der Waals surface area (Å²) in [7, 11) is 0. The quantitative estimate of drug-likeness (QED) is 0.0184. The number of rotatable bonds is 33. The first-order valence-electron chi connectivity index (χ1n) is 22.9. The number of azide groups is 1. The topological polar surface area (TPSA) is 338 Å². The van der Waals surface area contributed by atoms with Gasteiger partial charge in [0.25, 0.3) is 0 Å². The molecule has 0 aliphatic rings. The molecule has 22 nitrogen and oxygen atoms in total. The number of carbonyl (C=O) groups excluding carboxylic acids is 6. The van der Waals surface area contributed by atoms with E-state index in [0.717, 1.165) is 16.7 Å². The number of amides is 7. The van der Waals surface area contributed by atoms with E-state index >= 15 is 0 Å². The molecule has 0 aliphatic carbocycles. The van der Waals surface area contributed by atoms with Crippen LogP contribution in [0.4, 0.5) is 4.79 Å². The van der Waals surface area contributed by atoms with Gasteiger partial charge in [0, 0.05) is 76.2 Å². The average molecular weight is 971 g/mol. The van der Waals surface area contributed by atoms with Crippen LogP contribution in [0.2, 0.25) is 0 Å². The standard InChI is InChI=1S/C48H62N10O12/c49-57-52-28-13-27-51-44(64)38(30-33-14-4-1-5-15-33)54-45(65)39(31-34-16-6-2-7-17-34)53-41(60)24-23-40(59)50-26-12-21-42(61)58(32-35-18-8-3-9-19-35)29-11-10-20-36(46(66)67)55-48(70)56-37(47(68)69)22-25-43(62)63/h1-9,14-19,36-39H,10-13,20-32H2,(H,50,59)(H,51,64)(H,53,60)(H,54,65)(H,62,63)(H,66,67)(H,68,69)(H2,55,56,70)/t36-,37-,38-,39-/m0/s1. The summed E-state index contributed by atoms with van der Waals surface area (Å²) in [6.07, 6.45) is 0.112. The Kier molecular flexibility index (Phi) is 25.6. The van der Waals surface area contributed by atoms with E-state index in [1.807, 2.05) is 66.7 Å². The Bertz CT molecular complexity index is 2230. The third-order valence-electron chi connectivity index (χ3n) is 10.7. The maximum Gasteiger partial charge on any atom is 0.326 e. The zero-order valence-electron chi connectivity index (χ0n) is 38.8. The summed E-state index contributed by atoms with van der Waals surface area (Å²) >= 11 is 0. The summed E-state index contributed by atoms with van der Waals surface area (Å²) < 4.78 is 0. The second-order valence-corrected chi connectivity index (χ2v) is 16.2. The van der Waals surface area contributed by atoms with E-state index in [2.05, 4.69) is 41.9 Å². The molecule has 376 valence electrons. The van der Waals surface area contributed by atoms with E-state index in [1.165, 1.54) is 0 Å². The molecule has 3 aromatic rings. The number of carboxylic acids is 3. The SMILES string of the molecule is [N-]=[N+]=NCCCNC(=O)[C@H](Cc1ccccc1)NC(=O)[C@H](Cc1ccccc1)NC(=O)CCC(=O)NCCCC(=O)N(CCCC[C@H](NC(=O)N[C@@H](CCC(=O)O)C(=O)O)C(=O)O)Cc1ccccc1. The Morgan fingerprint density at radius 3 is 1.63 bits per heavy atom. The highest BCUT2D eigenvalue weighted by atomic mass is 16.4. The largest absolute Gasteiger partial charge is 0.481 e. The first kappa shape index (κ1) is 56.3. The van der Waals surface area contributed by atoms with Crippen molar-refractivity contribution in [3.63, 3.8) is 0 Å². The lowest BCUT2D eigenvalue weighted by Crippen LogP contribution is -2.55. The number of hydrogen-bond acceptors (Lipinski definition) is 10. The molecule has 4 atom stereocenters. The fraction of sp³-hybridized carbons (Fsp3) is 0.438. The van der Waals surface area contributed by atoms with Gasteiger partial charge in [-0.3, -0.25) is 28.8 Å². The molecule has 7 amide bonds. The molecule has 22 heteroatoms. The first-order chi connectivity index (χ1) is 33.6. The number of carboxylic acid groups (broad SMARTS) is 3. The number of hydrogen-bond donors (Lipinski definition) is 9. The van der Waals surface area contributed by atoms with Gasteiger partial charge in [0.2, 0.25) is 29.5 Å². The van der Waals surface area contributed by atoms with Gasteiger partial charge in [-0.1, -0.05) is 96.1 Å². The van der Waals surface area contributed by atoms with Gasteiger partial charge in [-0.2, -0.15) is 0 Å². The maximum absolute atomic E-state index is 13.8. The molecule has 0 unspecified atom stereocenters. The van der Waals surface area contributed by atoms with Crippen LogP contribution in [0.5, 0.6) is 0 Å². The summed E-state index contributed by atoms with van der Waals surface area (Å²) in [5, 5.41) is 46.6. The Labute approximate surface area is 405 Å². The van der Waals surface area contributed by atoms with Crippen LogP contribution in [-0.2, 0) is 57.7 Å². The van der Waals surface area contributed by atoms with E-state index in [0.29, 0.717) is 12.8 Å². The summed E-state index contributed by atoms with van der Waals surface area (Å²) in [5.74, 6) is -6.44. The first-order valence-corrected chi connectivity index (χ1v) is 22.9. The summed E-state index contributed by atoms with van der Waals surface area (Å²) in [6.45, 7) is 0.991. The van der Waals surface area contributed by atoms with Crippen molar-refractivity contribution in [2.45, 2.75) is 108 Å². The molecule has 3 aromatic carbocycles. The fourth-order valence-electron chi connectivity index (χ4n) is 7.01. The minimum atomic E-state index is -1.54. The molecule has 0 saturated carbocycles. The van der Waals surface area contributed by atoms with Gasteiger partial charge in [0.05, 0.1) is 0 Å². The Balaban J connectivity index is 1.52. The Hall–Kier alpha value is -8.00. The van der Waals surface area contributed by atoms with Gasteiger partial charge in [-0.15, -0.1) is 0 Å². The molecule has 0 aromatic heterocycles. The third-order valence-corrected chi connectivity index (χ3v) is 10.7. The van der Waals surface area contributed by atoms with Crippen molar-refractivity contribution >= 4 is 53.5 Å². The average Bonchev–Trinajstić information content (AvgIpc) is 3.34. The molecule has 70 heavy (non-hydrogen) atoms. The number of unbranched alkanes of at least 4 members (excludes halogenated alkanes) is 1. The van der Waals surface area contributed by atoms with Crippen molar-refractivity contribution in [2.75, 3.05) is 26.2 Å². The summed E-state index contributed by atoms with van der Waals surface area (Å²) in [5.41, 5.74) is 10.9. The lowest BCUT2D eigenvalue weighted by molar-refractivity contribution is -0.141.